The fourth-order valence-electron chi connectivity index (χ4n) is 3.08. The van der Waals surface area contributed by atoms with Gasteiger partial charge in [0.1, 0.15) is 30.2 Å². The first kappa shape index (κ1) is 19.7. The number of anilines is 1. The van der Waals surface area contributed by atoms with Crippen LogP contribution in [0.5, 0.6) is 0 Å². The SMILES string of the molecule is Cc1ccc(S(=O)(=O)OC[C@@H]2O[C@H](n3cnc4c(N)ncnc43)[C@@H](O)[C@H]2O)cc1. The molecule has 0 radical (unpaired) electrons. The van der Waals surface area contributed by atoms with E-state index in [1.54, 1.807) is 12.1 Å². The predicted octanol–water partition coefficient (Wildman–Crippen LogP) is -0.258. The van der Waals surface area contributed by atoms with Gasteiger partial charge in [-0.05, 0) is 19.1 Å². The van der Waals surface area contributed by atoms with Crippen molar-refractivity contribution in [1.82, 2.24) is 19.5 Å². The molecular formula is C17H19N5O6S. The number of rotatable bonds is 5. The standard InChI is InChI=1S/C17H19N5O6S/c1-9-2-4-10(5-3-9)29(25,26)27-6-11-13(23)14(24)17(28-11)22-8-21-12-15(18)19-7-20-16(12)22/h2-5,7-8,11,13-14,17,23-24H,6H2,1H3,(H2,18,19,20)/t11-,13-,14-,17-/m0/s1. The molecule has 12 heteroatoms. The van der Waals surface area contributed by atoms with Crippen molar-refractivity contribution in [3.63, 3.8) is 0 Å². The van der Waals surface area contributed by atoms with E-state index in [-0.39, 0.29) is 10.7 Å². The summed E-state index contributed by atoms with van der Waals surface area (Å²) in [6, 6.07) is 6.15. The molecule has 11 nitrogen and oxygen atoms in total. The summed E-state index contributed by atoms with van der Waals surface area (Å²) in [4.78, 5) is 12.0. The van der Waals surface area contributed by atoms with Crippen molar-refractivity contribution in [3.8, 4) is 0 Å². The van der Waals surface area contributed by atoms with E-state index in [0.29, 0.717) is 11.2 Å². The maximum Gasteiger partial charge on any atom is 0.297 e. The van der Waals surface area contributed by atoms with Crippen molar-refractivity contribution >= 4 is 27.1 Å². The number of fused-ring (bicyclic) bond motifs is 1. The molecule has 0 amide bonds. The zero-order valence-corrected chi connectivity index (χ0v) is 16.1. The smallest absolute Gasteiger partial charge is 0.297 e. The van der Waals surface area contributed by atoms with Crippen LogP contribution >= 0.6 is 0 Å². The first-order chi connectivity index (χ1) is 13.8. The van der Waals surface area contributed by atoms with Crippen molar-refractivity contribution < 1.29 is 27.6 Å². The lowest BCUT2D eigenvalue weighted by Gasteiger charge is -2.16. The van der Waals surface area contributed by atoms with Gasteiger partial charge in [-0.15, -0.1) is 0 Å². The van der Waals surface area contributed by atoms with Crippen LogP contribution in [0.1, 0.15) is 11.8 Å². The lowest BCUT2D eigenvalue weighted by atomic mass is 10.1. The summed E-state index contributed by atoms with van der Waals surface area (Å²) in [6.45, 7) is 1.36. The summed E-state index contributed by atoms with van der Waals surface area (Å²) < 4.78 is 36.8. The summed E-state index contributed by atoms with van der Waals surface area (Å²) in [6.07, 6.45) is -2.30. The van der Waals surface area contributed by atoms with E-state index in [2.05, 4.69) is 15.0 Å². The maximum atomic E-state index is 12.3. The average Bonchev–Trinajstić information content (AvgIpc) is 3.24. The first-order valence-electron chi connectivity index (χ1n) is 8.68. The molecule has 154 valence electrons. The Labute approximate surface area is 165 Å². The maximum absolute atomic E-state index is 12.3. The number of ether oxygens (including phenoxy) is 1. The van der Waals surface area contributed by atoms with Gasteiger partial charge < -0.3 is 20.7 Å². The molecule has 1 fully saturated rings. The molecule has 1 aliphatic heterocycles. The summed E-state index contributed by atoms with van der Waals surface area (Å²) >= 11 is 0. The summed E-state index contributed by atoms with van der Waals surface area (Å²) in [5.74, 6) is 0.158. The highest BCUT2D eigenvalue weighted by atomic mass is 32.2. The van der Waals surface area contributed by atoms with E-state index in [0.717, 1.165) is 5.56 Å². The first-order valence-corrected chi connectivity index (χ1v) is 10.1. The lowest BCUT2D eigenvalue weighted by molar-refractivity contribution is -0.0467. The van der Waals surface area contributed by atoms with E-state index >= 15 is 0 Å². The number of hydrogen-bond acceptors (Lipinski definition) is 10. The van der Waals surface area contributed by atoms with Gasteiger partial charge in [-0.3, -0.25) is 8.75 Å². The molecule has 29 heavy (non-hydrogen) atoms. The molecule has 0 unspecified atom stereocenters. The molecule has 1 saturated heterocycles. The molecule has 4 rings (SSSR count). The number of aryl methyl sites for hydroxylation is 1. The van der Waals surface area contributed by atoms with Gasteiger partial charge in [-0.25, -0.2) is 15.0 Å². The van der Waals surface area contributed by atoms with Crippen molar-refractivity contribution in [2.45, 2.75) is 36.4 Å². The highest BCUT2D eigenvalue weighted by molar-refractivity contribution is 7.86. The number of aliphatic hydroxyl groups is 2. The minimum atomic E-state index is -4.05. The Balaban J connectivity index is 1.51. The van der Waals surface area contributed by atoms with Crippen molar-refractivity contribution in [3.05, 3.63) is 42.5 Å². The Kier molecular flexibility index (Phi) is 4.96. The highest BCUT2D eigenvalue weighted by Gasteiger charge is 2.45. The molecule has 2 aromatic heterocycles. The second-order valence-corrected chi connectivity index (χ2v) is 8.30. The summed E-state index contributed by atoms with van der Waals surface area (Å²) in [5.41, 5.74) is 7.28. The van der Waals surface area contributed by atoms with Gasteiger partial charge in [-0.2, -0.15) is 8.42 Å². The number of nitrogens with zero attached hydrogens (tertiary/aromatic N) is 4. The average molecular weight is 421 g/mol. The van der Waals surface area contributed by atoms with Gasteiger partial charge in [0, 0.05) is 0 Å². The molecule has 0 bridgehead atoms. The molecule has 1 aromatic carbocycles. The topological polar surface area (TPSA) is 163 Å². The number of aliphatic hydroxyl groups excluding tert-OH is 2. The van der Waals surface area contributed by atoms with Gasteiger partial charge >= 0.3 is 0 Å². The highest BCUT2D eigenvalue weighted by Crippen LogP contribution is 2.32. The number of aromatic nitrogens is 4. The minimum Gasteiger partial charge on any atom is -0.387 e. The minimum absolute atomic E-state index is 0.0135. The number of imidazole rings is 1. The van der Waals surface area contributed by atoms with Crippen LogP contribution in [0.25, 0.3) is 11.2 Å². The summed E-state index contributed by atoms with van der Waals surface area (Å²) in [7, 11) is -4.05. The Morgan fingerprint density at radius 2 is 1.90 bits per heavy atom. The molecule has 0 saturated carbocycles. The van der Waals surface area contributed by atoms with Gasteiger partial charge in [0.25, 0.3) is 10.1 Å². The third kappa shape index (κ3) is 3.56. The van der Waals surface area contributed by atoms with Crippen molar-refractivity contribution in [2.24, 2.45) is 0 Å². The monoisotopic (exact) mass is 421 g/mol. The third-order valence-electron chi connectivity index (χ3n) is 4.70. The predicted molar refractivity (Wildman–Crippen MR) is 100.0 cm³/mol. The molecule has 0 spiro atoms. The fourth-order valence-corrected chi connectivity index (χ4v) is 4.00. The van der Waals surface area contributed by atoms with Crippen LogP contribution in [0.4, 0.5) is 5.82 Å². The molecule has 4 atom stereocenters. The van der Waals surface area contributed by atoms with E-state index in [9.17, 15) is 18.6 Å². The molecule has 1 aliphatic rings. The van der Waals surface area contributed by atoms with Gasteiger partial charge in [0.15, 0.2) is 17.7 Å². The van der Waals surface area contributed by atoms with E-state index in [1.165, 1.54) is 29.4 Å². The third-order valence-corrected chi connectivity index (χ3v) is 5.99. The van der Waals surface area contributed by atoms with Crippen molar-refractivity contribution in [2.75, 3.05) is 12.3 Å². The van der Waals surface area contributed by atoms with Gasteiger partial charge in [0.2, 0.25) is 0 Å². The van der Waals surface area contributed by atoms with E-state index in [1.807, 2.05) is 6.92 Å². The lowest BCUT2D eigenvalue weighted by Crippen LogP contribution is -2.34. The molecule has 3 heterocycles. The number of nitrogens with two attached hydrogens (primary N) is 1. The zero-order valence-electron chi connectivity index (χ0n) is 15.3. The Morgan fingerprint density at radius 1 is 1.17 bits per heavy atom. The second kappa shape index (κ2) is 7.31. The zero-order chi connectivity index (χ0) is 20.8. The number of benzene rings is 1. The molecule has 0 aliphatic carbocycles. The molecular weight excluding hydrogens is 402 g/mol. The van der Waals surface area contributed by atoms with Crippen molar-refractivity contribution in [1.29, 1.82) is 0 Å². The van der Waals surface area contributed by atoms with Crippen LogP contribution in [-0.2, 0) is 19.0 Å². The van der Waals surface area contributed by atoms with Crippen LogP contribution in [0, 0.1) is 6.92 Å². The van der Waals surface area contributed by atoms with Crippen LogP contribution < -0.4 is 5.73 Å². The largest absolute Gasteiger partial charge is 0.387 e. The molecule has 3 aromatic rings. The fraction of sp³-hybridized carbons (Fsp3) is 0.353. The van der Waals surface area contributed by atoms with Gasteiger partial charge in [0.05, 0.1) is 17.8 Å². The normalized spacial score (nSPS) is 24.9. The van der Waals surface area contributed by atoms with Crippen LogP contribution in [-0.4, -0.2) is 63.1 Å². The van der Waals surface area contributed by atoms with E-state index < -0.39 is 41.3 Å². The number of nitrogen functional groups attached to an aromatic ring is 1. The Hall–Kier alpha value is -2.64. The van der Waals surface area contributed by atoms with E-state index in [4.69, 9.17) is 14.7 Å². The van der Waals surface area contributed by atoms with Crippen LogP contribution in [0.3, 0.4) is 0 Å². The van der Waals surface area contributed by atoms with Gasteiger partial charge in [-0.1, -0.05) is 17.7 Å². The summed E-state index contributed by atoms with van der Waals surface area (Å²) in [5, 5.41) is 20.7. The molecule has 4 N–H and O–H groups in total. The van der Waals surface area contributed by atoms with Crippen LogP contribution in [0.2, 0.25) is 0 Å². The quantitative estimate of drug-likeness (QED) is 0.468. The number of hydrogen-bond donors (Lipinski definition) is 3. The van der Waals surface area contributed by atoms with Crippen LogP contribution in [0.15, 0.2) is 41.8 Å². The second-order valence-electron chi connectivity index (χ2n) is 6.68. The Bertz CT molecular complexity index is 1130. The Morgan fingerprint density at radius 3 is 2.62 bits per heavy atom.